The van der Waals surface area contributed by atoms with E-state index in [1.807, 2.05) is 0 Å². The van der Waals surface area contributed by atoms with Crippen molar-refractivity contribution in [3.05, 3.63) is 154 Å². The zero-order valence-corrected chi connectivity index (χ0v) is 39.4. The molecule has 3 nitrogen and oxygen atoms in total. The number of fused-ring (bicyclic) bond motifs is 2. The predicted molar refractivity (Wildman–Crippen MR) is 264 cm³/mol. The molecule has 0 saturated carbocycles. The minimum absolute atomic E-state index is 0.0479. The number of anilines is 8. The van der Waals surface area contributed by atoms with Crippen molar-refractivity contribution in [3.8, 4) is 0 Å². The van der Waals surface area contributed by atoms with Gasteiger partial charge >= 0.3 is 0 Å². The molecular formula is C56H67BN3. The molecule has 0 aliphatic carbocycles. The van der Waals surface area contributed by atoms with E-state index in [0.29, 0.717) is 0 Å². The Balaban J connectivity index is 1.44. The van der Waals surface area contributed by atoms with E-state index in [0.717, 1.165) is 22.7 Å². The summed E-state index contributed by atoms with van der Waals surface area (Å²) in [5.74, 6) is 0. The summed E-state index contributed by atoms with van der Waals surface area (Å²) in [5.41, 5.74) is 21.1. The van der Waals surface area contributed by atoms with E-state index < -0.39 is 0 Å². The average Bonchev–Trinajstić information content (AvgIpc) is 3.16. The van der Waals surface area contributed by atoms with Crippen LogP contribution in [0.15, 0.2) is 115 Å². The quantitative estimate of drug-likeness (QED) is 0.155. The van der Waals surface area contributed by atoms with Crippen LogP contribution >= 0.6 is 0 Å². The smallest absolute Gasteiger partial charge is 0.199 e. The van der Waals surface area contributed by atoms with E-state index in [1.54, 1.807) is 0 Å². The number of hydrogen-bond acceptors (Lipinski definition) is 3. The lowest BCUT2D eigenvalue weighted by Crippen LogP contribution is -2.42. The number of rotatable bonds is 6. The average molecular weight is 793 g/mol. The van der Waals surface area contributed by atoms with Crippen molar-refractivity contribution in [2.75, 3.05) is 21.7 Å². The molecule has 0 N–H and O–H groups in total. The van der Waals surface area contributed by atoms with Crippen molar-refractivity contribution in [1.29, 1.82) is 0 Å². The molecule has 1 aliphatic heterocycles. The third-order valence-corrected chi connectivity index (χ3v) is 12.4. The second-order valence-corrected chi connectivity index (χ2v) is 21.4. The minimum Gasteiger partial charge on any atom is -0.345 e. The van der Waals surface area contributed by atoms with Crippen molar-refractivity contribution in [1.82, 2.24) is 0 Å². The molecular weight excluding hydrogens is 725 g/mol. The molecule has 0 bridgehead atoms. The molecule has 7 rings (SSSR count). The van der Waals surface area contributed by atoms with Crippen LogP contribution in [0.2, 0.25) is 0 Å². The fourth-order valence-electron chi connectivity index (χ4n) is 8.61. The van der Waals surface area contributed by atoms with E-state index in [-0.39, 0.29) is 21.7 Å². The van der Waals surface area contributed by atoms with Crippen LogP contribution < -0.4 is 25.6 Å². The molecule has 0 amide bonds. The first-order chi connectivity index (χ1) is 27.9. The Morgan fingerprint density at radius 2 is 0.900 bits per heavy atom. The Hall–Kier alpha value is -5.22. The Bertz CT molecular complexity index is 2490. The second-order valence-electron chi connectivity index (χ2n) is 21.4. The van der Waals surface area contributed by atoms with E-state index in [1.165, 1.54) is 72.6 Å². The summed E-state index contributed by atoms with van der Waals surface area (Å²) in [6.07, 6.45) is 0. The molecule has 60 heavy (non-hydrogen) atoms. The van der Waals surface area contributed by atoms with Gasteiger partial charge in [0.25, 0.3) is 0 Å². The monoisotopic (exact) mass is 793 g/mol. The Morgan fingerprint density at radius 1 is 0.450 bits per heavy atom. The van der Waals surface area contributed by atoms with Crippen molar-refractivity contribution in [2.24, 2.45) is 0 Å². The summed E-state index contributed by atoms with van der Waals surface area (Å²) < 4.78 is 0. The first-order valence-corrected chi connectivity index (χ1v) is 21.8. The fourth-order valence-corrected chi connectivity index (χ4v) is 8.61. The maximum Gasteiger partial charge on any atom is 0.199 e. The van der Waals surface area contributed by atoms with Crippen LogP contribution in [0.3, 0.4) is 0 Å². The highest BCUT2D eigenvalue weighted by molar-refractivity contribution is 6.73. The summed E-state index contributed by atoms with van der Waals surface area (Å²) >= 11 is 0. The second kappa shape index (κ2) is 15.4. The third kappa shape index (κ3) is 8.40. The largest absolute Gasteiger partial charge is 0.345 e. The van der Waals surface area contributed by atoms with Crippen molar-refractivity contribution >= 4 is 63.7 Å². The molecule has 1 radical (unpaired) electrons. The summed E-state index contributed by atoms with van der Waals surface area (Å²) in [6, 6.07) is 44.1. The lowest BCUT2D eigenvalue weighted by Gasteiger charge is -2.38. The van der Waals surface area contributed by atoms with Crippen LogP contribution in [0.5, 0.6) is 0 Å². The van der Waals surface area contributed by atoms with Gasteiger partial charge < -0.3 is 14.7 Å². The lowest BCUT2D eigenvalue weighted by molar-refractivity contribution is 0.589. The highest BCUT2D eigenvalue weighted by Gasteiger charge is 2.31. The summed E-state index contributed by atoms with van der Waals surface area (Å²) in [6.45, 7) is 34.2. The molecule has 1 aliphatic rings. The molecule has 309 valence electrons. The zero-order chi connectivity index (χ0) is 43.7. The van der Waals surface area contributed by atoms with Gasteiger partial charge in [0.05, 0.1) is 5.69 Å². The van der Waals surface area contributed by atoms with Gasteiger partial charge in [-0.05, 0) is 148 Å². The molecule has 0 atom stereocenters. The lowest BCUT2D eigenvalue weighted by atomic mass is 9.59. The van der Waals surface area contributed by atoms with Crippen LogP contribution in [-0.2, 0) is 21.7 Å². The highest BCUT2D eigenvalue weighted by Crippen LogP contribution is 2.45. The summed E-state index contributed by atoms with van der Waals surface area (Å²) in [4.78, 5) is 7.33. The van der Waals surface area contributed by atoms with Crippen LogP contribution in [0.1, 0.15) is 122 Å². The van der Waals surface area contributed by atoms with Crippen LogP contribution in [-0.4, -0.2) is 14.3 Å². The molecule has 0 saturated heterocycles. The molecule has 0 fully saturated rings. The van der Waals surface area contributed by atoms with Gasteiger partial charge in [-0.3, -0.25) is 0 Å². The first kappa shape index (κ1) is 42.9. The van der Waals surface area contributed by atoms with Crippen LogP contribution in [0, 0.1) is 20.8 Å². The van der Waals surface area contributed by atoms with Crippen molar-refractivity contribution in [2.45, 2.75) is 126 Å². The van der Waals surface area contributed by atoms with Crippen molar-refractivity contribution in [3.63, 3.8) is 0 Å². The normalized spacial score (nSPS) is 13.1. The molecule has 6 aromatic carbocycles. The van der Waals surface area contributed by atoms with Gasteiger partial charge in [-0.2, -0.15) is 0 Å². The first-order valence-electron chi connectivity index (χ1n) is 21.8. The summed E-state index contributed by atoms with van der Waals surface area (Å²) in [5, 5.41) is 0. The van der Waals surface area contributed by atoms with E-state index in [2.05, 4.69) is 248 Å². The number of hydrogen-bond donors (Lipinski definition) is 0. The van der Waals surface area contributed by atoms with Crippen molar-refractivity contribution < 1.29 is 0 Å². The van der Waals surface area contributed by atoms with E-state index >= 15 is 0 Å². The topological polar surface area (TPSA) is 9.72 Å². The molecule has 1 heterocycles. The number of benzene rings is 6. The molecule has 0 unspecified atom stereocenters. The predicted octanol–water partition coefficient (Wildman–Crippen LogP) is 14.5. The number of aryl methyl sites for hydroxylation is 3. The molecule has 6 aromatic rings. The van der Waals surface area contributed by atoms with Crippen LogP contribution in [0.4, 0.5) is 45.5 Å². The molecule has 0 spiro atoms. The highest BCUT2D eigenvalue weighted by atomic mass is 15.2. The molecule has 4 heteroatoms. The van der Waals surface area contributed by atoms with Gasteiger partial charge in [-0.1, -0.05) is 143 Å². The SMILES string of the molecule is Cc1cc(N(C)c2ccc(C(C)(C)C)cc2)c2c(c1)N(c1ccc(C(C)(C)C)cc1)c1cc(N(c3ccc(C(C)(C)C)cc3)c3c(C)cc(C(C)(C)C)cc3C)ccc1[B]2. The van der Waals surface area contributed by atoms with E-state index in [4.69, 9.17) is 0 Å². The zero-order valence-electron chi connectivity index (χ0n) is 39.4. The number of nitrogens with zero attached hydrogens (tertiary/aromatic N) is 3. The maximum absolute atomic E-state index is 2.50. The van der Waals surface area contributed by atoms with Gasteiger partial charge in [-0.15, -0.1) is 0 Å². The third-order valence-electron chi connectivity index (χ3n) is 12.4. The van der Waals surface area contributed by atoms with Gasteiger partial charge in [0, 0.05) is 46.9 Å². The van der Waals surface area contributed by atoms with Gasteiger partial charge in [0.15, 0.2) is 7.28 Å². The minimum atomic E-state index is 0.0479. The van der Waals surface area contributed by atoms with E-state index in [9.17, 15) is 0 Å². The van der Waals surface area contributed by atoms with Gasteiger partial charge in [-0.25, -0.2) is 0 Å². The standard InChI is InChI=1S/C56H67BN3/c1-36-31-49(58(16)43-23-17-39(18-24-43)53(4,5)6)51-50(32-36)60(45-27-21-41(22-28-45)55(10,11)12)48-35-46(29-30-47(48)57-51)59(44-25-19-40(20-26-44)54(7,8)9)52-37(2)33-42(34-38(52)3)56(13,14)15/h17-35H,1-16H3. The molecule has 0 aromatic heterocycles. The Kier molecular flexibility index (Phi) is 11.0. The maximum atomic E-state index is 2.50. The fraction of sp³-hybridized carbons (Fsp3) is 0.357. The van der Waals surface area contributed by atoms with Gasteiger partial charge in [0.2, 0.25) is 0 Å². The summed E-state index contributed by atoms with van der Waals surface area (Å²) in [7, 11) is 4.61. The van der Waals surface area contributed by atoms with Crippen LogP contribution in [0.25, 0.3) is 0 Å². The Labute approximate surface area is 363 Å². The Morgan fingerprint density at radius 3 is 1.38 bits per heavy atom. The van der Waals surface area contributed by atoms with Gasteiger partial charge in [0.1, 0.15) is 0 Å².